The summed E-state index contributed by atoms with van der Waals surface area (Å²) in [5.41, 5.74) is 1.08. The van der Waals surface area contributed by atoms with E-state index in [9.17, 15) is 8.42 Å². The fourth-order valence-corrected chi connectivity index (χ4v) is 4.04. The molecule has 154 valence electrons. The average Bonchev–Trinajstić information content (AvgIpc) is 2.65. The number of benzene rings is 2. The maximum Gasteiger partial charge on any atom is 0.191 e. The zero-order valence-corrected chi connectivity index (χ0v) is 20.3. The van der Waals surface area contributed by atoms with E-state index >= 15 is 0 Å². The second-order valence-electron chi connectivity index (χ2n) is 6.29. The summed E-state index contributed by atoms with van der Waals surface area (Å²) in [5, 5.41) is 7.05. The van der Waals surface area contributed by atoms with Crippen molar-refractivity contribution in [3.8, 4) is 0 Å². The number of nitrogens with zero attached hydrogens (tertiary/aromatic N) is 1. The fourth-order valence-electron chi connectivity index (χ4n) is 2.46. The minimum absolute atomic E-state index is 0. The topological polar surface area (TPSA) is 70.6 Å². The van der Waals surface area contributed by atoms with Gasteiger partial charge in [0, 0.05) is 36.5 Å². The van der Waals surface area contributed by atoms with Crippen LogP contribution in [0.1, 0.15) is 12.5 Å². The van der Waals surface area contributed by atoms with Crippen molar-refractivity contribution in [2.24, 2.45) is 4.99 Å². The third kappa shape index (κ3) is 8.83. The number of rotatable bonds is 8. The van der Waals surface area contributed by atoms with Gasteiger partial charge in [-0.2, -0.15) is 0 Å². The monoisotopic (exact) mass is 533 g/mol. The number of halogens is 1. The number of hydrogen-bond donors (Lipinski definition) is 2. The molecule has 0 fully saturated rings. The molecule has 0 bridgehead atoms. The van der Waals surface area contributed by atoms with Gasteiger partial charge in [-0.1, -0.05) is 37.3 Å². The van der Waals surface area contributed by atoms with Crippen LogP contribution in [0.2, 0.25) is 0 Å². The van der Waals surface area contributed by atoms with Crippen molar-refractivity contribution < 1.29 is 8.42 Å². The molecule has 2 aromatic carbocycles. The lowest BCUT2D eigenvalue weighted by atomic mass is 10.1. The van der Waals surface area contributed by atoms with Gasteiger partial charge in [0.05, 0.1) is 4.90 Å². The van der Waals surface area contributed by atoms with Gasteiger partial charge in [0.2, 0.25) is 0 Å². The molecule has 28 heavy (non-hydrogen) atoms. The van der Waals surface area contributed by atoms with Crippen molar-refractivity contribution in [1.82, 2.24) is 10.6 Å². The largest absolute Gasteiger partial charge is 0.356 e. The highest BCUT2D eigenvalue weighted by Gasteiger charge is 2.07. The molecule has 0 heterocycles. The van der Waals surface area contributed by atoms with Crippen LogP contribution in [-0.4, -0.2) is 46.0 Å². The van der Waals surface area contributed by atoms with Crippen LogP contribution in [0, 0.1) is 0 Å². The van der Waals surface area contributed by atoms with Crippen LogP contribution in [0.25, 0.3) is 0 Å². The Morgan fingerprint density at radius 1 is 1.07 bits per heavy atom. The standard InChI is InChI=1S/C20H27N3O2S2.HI/c1-16(26-18-7-5-4-6-8-18)15-23-20(21-2)22-14-13-17-9-11-19(12-10-17)27(3,24)25;/h4-12,16H,13-15H2,1-3H3,(H2,21,22,23);1H. The summed E-state index contributed by atoms with van der Waals surface area (Å²) in [5.74, 6) is 0.767. The van der Waals surface area contributed by atoms with E-state index < -0.39 is 9.84 Å². The van der Waals surface area contributed by atoms with Crippen LogP contribution in [0.5, 0.6) is 0 Å². The number of aliphatic imine (C=N–C) groups is 1. The quantitative estimate of drug-likeness (QED) is 0.235. The number of guanidine groups is 1. The van der Waals surface area contributed by atoms with Gasteiger partial charge in [-0.25, -0.2) is 8.42 Å². The molecule has 2 N–H and O–H groups in total. The lowest BCUT2D eigenvalue weighted by molar-refractivity contribution is 0.602. The van der Waals surface area contributed by atoms with Crippen molar-refractivity contribution in [3.63, 3.8) is 0 Å². The van der Waals surface area contributed by atoms with Gasteiger partial charge >= 0.3 is 0 Å². The van der Waals surface area contributed by atoms with Crippen molar-refractivity contribution in [3.05, 3.63) is 60.2 Å². The molecule has 0 aliphatic carbocycles. The van der Waals surface area contributed by atoms with Crippen LogP contribution in [-0.2, 0) is 16.3 Å². The van der Waals surface area contributed by atoms with Gasteiger partial charge in [-0.3, -0.25) is 4.99 Å². The minimum atomic E-state index is -3.14. The molecule has 0 aromatic heterocycles. The van der Waals surface area contributed by atoms with Crippen LogP contribution in [0.3, 0.4) is 0 Å². The Labute approximate surface area is 189 Å². The van der Waals surface area contributed by atoms with Crippen molar-refractivity contribution in [2.75, 3.05) is 26.4 Å². The summed E-state index contributed by atoms with van der Waals surface area (Å²) in [4.78, 5) is 5.86. The number of nitrogens with one attached hydrogen (secondary N) is 2. The second kappa shape index (κ2) is 12.3. The Morgan fingerprint density at radius 3 is 2.29 bits per heavy atom. The molecule has 0 saturated heterocycles. The molecule has 0 aliphatic heterocycles. The predicted molar refractivity (Wildman–Crippen MR) is 130 cm³/mol. The molecule has 2 aromatic rings. The predicted octanol–water partition coefficient (Wildman–Crippen LogP) is 3.60. The zero-order chi connectivity index (χ0) is 19.7. The molecule has 2 rings (SSSR count). The van der Waals surface area contributed by atoms with E-state index in [1.807, 2.05) is 42.1 Å². The number of hydrogen-bond acceptors (Lipinski definition) is 4. The molecular weight excluding hydrogens is 505 g/mol. The fraction of sp³-hybridized carbons (Fsp3) is 0.350. The number of thioether (sulfide) groups is 1. The first-order valence-electron chi connectivity index (χ1n) is 8.83. The summed E-state index contributed by atoms with van der Waals surface area (Å²) >= 11 is 1.83. The van der Waals surface area contributed by atoms with Crippen LogP contribution in [0.15, 0.2) is 69.4 Å². The van der Waals surface area contributed by atoms with Gasteiger partial charge in [-0.15, -0.1) is 35.7 Å². The maximum atomic E-state index is 11.5. The molecule has 0 spiro atoms. The highest BCUT2D eigenvalue weighted by Crippen LogP contribution is 2.21. The third-order valence-corrected chi connectivity index (χ3v) is 6.16. The van der Waals surface area contributed by atoms with Crippen molar-refractivity contribution in [1.29, 1.82) is 0 Å². The summed E-state index contributed by atoms with van der Waals surface area (Å²) in [6.07, 6.45) is 2.01. The van der Waals surface area contributed by atoms with Gasteiger partial charge in [0.15, 0.2) is 15.8 Å². The molecule has 0 aliphatic rings. The highest BCUT2D eigenvalue weighted by molar-refractivity contribution is 14.0. The van der Waals surface area contributed by atoms with E-state index in [1.54, 1.807) is 19.2 Å². The Hall–Kier alpha value is -1.26. The van der Waals surface area contributed by atoms with Gasteiger partial charge in [-0.05, 0) is 36.2 Å². The van der Waals surface area contributed by atoms with E-state index in [4.69, 9.17) is 0 Å². The van der Waals surface area contributed by atoms with Gasteiger partial charge < -0.3 is 10.6 Å². The van der Waals surface area contributed by atoms with Crippen molar-refractivity contribution in [2.45, 2.75) is 28.4 Å². The summed E-state index contributed by atoms with van der Waals surface area (Å²) in [7, 11) is -1.39. The molecule has 0 radical (unpaired) electrons. The summed E-state index contributed by atoms with van der Waals surface area (Å²) in [6.45, 7) is 3.71. The molecule has 5 nitrogen and oxygen atoms in total. The van der Waals surface area contributed by atoms with E-state index in [2.05, 4.69) is 34.7 Å². The van der Waals surface area contributed by atoms with E-state index in [0.717, 1.165) is 31.0 Å². The average molecular weight is 534 g/mol. The molecular formula is C20H28IN3O2S2. The Morgan fingerprint density at radius 2 is 1.71 bits per heavy atom. The third-order valence-electron chi connectivity index (χ3n) is 3.92. The molecule has 1 unspecified atom stereocenters. The van der Waals surface area contributed by atoms with Crippen LogP contribution in [0.4, 0.5) is 0 Å². The van der Waals surface area contributed by atoms with E-state index in [0.29, 0.717) is 10.1 Å². The summed E-state index contributed by atoms with van der Waals surface area (Å²) < 4.78 is 23.0. The highest BCUT2D eigenvalue weighted by atomic mass is 127. The van der Waals surface area contributed by atoms with Crippen LogP contribution < -0.4 is 10.6 Å². The molecule has 0 amide bonds. The van der Waals surface area contributed by atoms with Gasteiger partial charge in [0.25, 0.3) is 0 Å². The first kappa shape index (κ1) is 24.8. The summed E-state index contributed by atoms with van der Waals surface area (Å²) in [6, 6.07) is 17.4. The van der Waals surface area contributed by atoms with E-state index in [-0.39, 0.29) is 24.0 Å². The van der Waals surface area contributed by atoms with E-state index in [1.165, 1.54) is 11.2 Å². The molecule has 1 atom stereocenters. The zero-order valence-electron chi connectivity index (χ0n) is 16.4. The smallest absolute Gasteiger partial charge is 0.191 e. The lowest BCUT2D eigenvalue weighted by Crippen LogP contribution is -2.40. The Balaban J connectivity index is 0.00000392. The Kier molecular flexibility index (Phi) is 10.9. The normalized spacial score (nSPS) is 12.8. The molecule has 0 saturated carbocycles. The van der Waals surface area contributed by atoms with Crippen LogP contribution >= 0.6 is 35.7 Å². The molecule has 8 heteroatoms. The SMILES string of the molecule is CN=C(NCCc1ccc(S(C)(=O)=O)cc1)NCC(C)Sc1ccccc1.I. The second-order valence-corrected chi connectivity index (χ2v) is 9.82. The maximum absolute atomic E-state index is 11.5. The Bertz CT molecular complexity index is 842. The van der Waals surface area contributed by atoms with Crippen molar-refractivity contribution >= 4 is 51.5 Å². The minimum Gasteiger partial charge on any atom is -0.356 e. The lowest BCUT2D eigenvalue weighted by Gasteiger charge is -2.16. The number of sulfone groups is 1. The van der Waals surface area contributed by atoms with Gasteiger partial charge in [0.1, 0.15) is 0 Å². The first-order chi connectivity index (χ1) is 12.9. The first-order valence-corrected chi connectivity index (χ1v) is 11.6.